The highest BCUT2D eigenvalue weighted by atomic mass is 79.9. The first kappa shape index (κ1) is 12.4. The lowest BCUT2D eigenvalue weighted by molar-refractivity contribution is 0.292. The van der Waals surface area contributed by atoms with Crippen molar-refractivity contribution in [2.45, 2.75) is 13.0 Å². The maximum atomic E-state index is 5.77. The molecule has 2 N–H and O–H groups in total. The van der Waals surface area contributed by atoms with Crippen molar-refractivity contribution in [1.29, 1.82) is 0 Å². The topological polar surface area (TPSA) is 44.5 Å². The molecule has 0 saturated carbocycles. The molecule has 0 atom stereocenters. The molecule has 0 radical (unpaired) electrons. The first-order valence-electron chi connectivity index (χ1n) is 6.15. The van der Waals surface area contributed by atoms with Gasteiger partial charge >= 0.3 is 0 Å². The standard InChI is InChI=1S/C15H14BrNO2/c16-12-7-10-5-6-18-15(10)11(8-12)9-19-14-3-1-13(17)2-4-14/h1-4,7-8H,5-6,9,17H2. The number of halogens is 1. The van der Waals surface area contributed by atoms with E-state index < -0.39 is 0 Å². The smallest absolute Gasteiger partial charge is 0.129 e. The lowest BCUT2D eigenvalue weighted by atomic mass is 10.1. The average molecular weight is 320 g/mol. The van der Waals surface area contributed by atoms with E-state index in [1.54, 1.807) is 0 Å². The van der Waals surface area contributed by atoms with Crippen molar-refractivity contribution in [1.82, 2.24) is 0 Å². The lowest BCUT2D eigenvalue weighted by Crippen LogP contribution is -1.99. The minimum absolute atomic E-state index is 0.492. The van der Waals surface area contributed by atoms with Crippen LogP contribution in [0, 0.1) is 0 Å². The molecule has 98 valence electrons. The fourth-order valence-corrected chi connectivity index (χ4v) is 2.73. The van der Waals surface area contributed by atoms with Crippen molar-refractivity contribution in [2.24, 2.45) is 0 Å². The Morgan fingerprint density at radius 3 is 2.79 bits per heavy atom. The molecule has 2 aromatic carbocycles. The minimum Gasteiger partial charge on any atom is -0.493 e. The van der Waals surface area contributed by atoms with Crippen LogP contribution in [-0.2, 0) is 13.0 Å². The number of nitrogen functional groups attached to an aromatic ring is 1. The van der Waals surface area contributed by atoms with Crippen LogP contribution in [0.25, 0.3) is 0 Å². The third-order valence-electron chi connectivity index (χ3n) is 3.10. The van der Waals surface area contributed by atoms with Crippen LogP contribution in [0.1, 0.15) is 11.1 Å². The van der Waals surface area contributed by atoms with Gasteiger partial charge in [0.15, 0.2) is 0 Å². The number of rotatable bonds is 3. The number of nitrogens with two attached hydrogens (primary N) is 1. The Morgan fingerprint density at radius 1 is 1.21 bits per heavy atom. The molecule has 2 aromatic rings. The maximum absolute atomic E-state index is 5.77. The third kappa shape index (κ3) is 2.68. The van der Waals surface area contributed by atoms with E-state index in [1.807, 2.05) is 30.3 Å². The van der Waals surface area contributed by atoms with Gasteiger partial charge in [0.25, 0.3) is 0 Å². The zero-order valence-corrected chi connectivity index (χ0v) is 11.9. The predicted octanol–water partition coefficient (Wildman–Crippen LogP) is 3.55. The van der Waals surface area contributed by atoms with E-state index in [0.29, 0.717) is 6.61 Å². The molecular formula is C15H14BrNO2. The van der Waals surface area contributed by atoms with Crippen molar-refractivity contribution >= 4 is 21.6 Å². The Balaban J connectivity index is 1.78. The van der Waals surface area contributed by atoms with Crippen molar-refractivity contribution in [3.05, 3.63) is 52.0 Å². The molecular weight excluding hydrogens is 306 g/mol. The van der Waals surface area contributed by atoms with Gasteiger partial charge in [0.05, 0.1) is 6.61 Å². The van der Waals surface area contributed by atoms with Gasteiger partial charge in [0.2, 0.25) is 0 Å². The van der Waals surface area contributed by atoms with Crippen LogP contribution in [-0.4, -0.2) is 6.61 Å². The van der Waals surface area contributed by atoms with Gasteiger partial charge in [-0.1, -0.05) is 15.9 Å². The molecule has 4 heteroatoms. The van der Waals surface area contributed by atoms with Gasteiger partial charge in [-0.2, -0.15) is 0 Å². The maximum Gasteiger partial charge on any atom is 0.129 e. The van der Waals surface area contributed by atoms with E-state index >= 15 is 0 Å². The molecule has 1 aliphatic rings. The van der Waals surface area contributed by atoms with Crippen LogP contribution >= 0.6 is 15.9 Å². The number of hydrogen-bond donors (Lipinski definition) is 1. The number of benzene rings is 2. The van der Waals surface area contributed by atoms with Gasteiger partial charge in [-0.25, -0.2) is 0 Å². The molecule has 1 aliphatic heterocycles. The summed E-state index contributed by atoms with van der Waals surface area (Å²) in [5, 5.41) is 0. The molecule has 0 saturated heterocycles. The average Bonchev–Trinajstić information content (AvgIpc) is 2.85. The van der Waals surface area contributed by atoms with Crippen LogP contribution in [0.2, 0.25) is 0 Å². The predicted molar refractivity (Wildman–Crippen MR) is 78.5 cm³/mol. The SMILES string of the molecule is Nc1ccc(OCc2cc(Br)cc3c2OCC3)cc1. The van der Waals surface area contributed by atoms with Crippen molar-refractivity contribution in [2.75, 3.05) is 12.3 Å². The van der Waals surface area contributed by atoms with Gasteiger partial charge in [-0.05, 0) is 42.0 Å². The molecule has 0 unspecified atom stereocenters. The first-order chi connectivity index (χ1) is 9.22. The summed E-state index contributed by atoms with van der Waals surface area (Å²) >= 11 is 3.52. The molecule has 19 heavy (non-hydrogen) atoms. The molecule has 0 aliphatic carbocycles. The number of fused-ring (bicyclic) bond motifs is 1. The summed E-state index contributed by atoms with van der Waals surface area (Å²) in [6, 6.07) is 11.5. The quantitative estimate of drug-likeness (QED) is 0.880. The molecule has 0 fully saturated rings. The Kier molecular flexibility index (Phi) is 3.34. The summed E-state index contributed by atoms with van der Waals surface area (Å²) in [6.07, 6.45) is 0.962. The minimum atomic E-state index is 0.492. The normalized spacial score (nSPS) is 12.9. The van der Waals surface area contributed by atoms with Crippen LogP contribution in [0.4, 0.5) is 5.69 Å². The first-order valence-corrected chi connectivity index (χ1v) is 6.94. The number of hydrogen-bond acceptors (Lipinski definition) is 3. The highest BCUT2D eigenvalue weighted by Gasteiger charge is 2.17. The van der Waals surface area contributed by atoms with Gasteiger partial charge in [0.1, 0.15) is 18.1 Å². The van der Waals surface area contributed by atoms with Crippen LogP contribution in [0.3, 0.4) is 0 Å². The van der Waals surface area contributed by atoms with E-state index in [1.165, 1.54) is 5.56 Å². The Labute approximate surface area is 120 Å². The lowest BCUT2D eigenvalue weighted by Gasteiger charge is -2.11. The highest BCUT2D eigenvalue weighted by molar-refractivity contribution is 9.10. The number of anilines is 1. The summed E-state index contributed by atoms with van der Waals surface area (Å²) < 4.78 is 12.5. The highest BCUT2D eigenvalue weighted by Crippen LogP contribution is 2.33. The van der Waals surface area contributed by atoms with Gasteiger partial charge in [-0.3, -0.25) is 0 Å². The van der Waals surface area contributed by atoms with Gasteiger partial charge in [-0.15, -0.1) is 0 Å². The fraction of sp³-hybridized carbons (Fsp3) is 0.200. The van der Waals surface area contributed by atoms with Crippen LogP contribution in [0.15, 0.2) is 40.9 Å². The molecule has 1 heterocycles. The summed E-state index contributed by atoms with van der Waals surface area (Å²) in [6.45, 7) is 1.24. The van der Waals surface area contributed by atoms with Gasteiger partial charge in [0, 0.05) is 22.1 Å². The van der Waals surface area contributed by atoms with E-state index in [-0.39, 0.29) is 0 Å². The van der Waals surface area contributed by atoms with Gasteiger partial charge < -0.3 is 15.2 Å². The molecule has 0 spiro atoms. The molecule has 0 amide bonds. The fourth-order valence-electron chi connectivity index (χ4n) is 2.18. The van der Waals surface area contributed by atoms with Crippen molar-refractivity contribution < 1.29 is 9.47 Å². The van der Waals surface area contributed by atoms with Crippen LogP contribution < -0.4 is 15.2 Å². The number of ether oxygens (including phenoxy) is 2. The summed E-state index contributed by atoms with van der Waals surface area (Å²) in [7, 11) is 0. The second kappa shape index (κ2) is 5.13. The molecule has 3 rings (SSSR count). The van der Waals surface area contributed by atoms with Crippen molar-refractivity contribution in [3.63, 3.8) is 0 Å². The van der Waals surface area contributed by atoms with E-state index in [4.69, 9.17) is 15.2 Å². The Morgan fingerprint density at radius 2 is 2.00 bits per heavy atom. The molecule has 0 aromatic heterocycles. The zero-order valence-electron chi connectivity index (χ0n) is 10.4. The monoisotopic (exact) mass is 319 g/mol. The van der Waals surface area contributed by atoms with E-state index in [2.05, 4.69) is 22.0 Å². The summed E-state index contributed by atoms with van der Waals surface area (Å²) in [5.41, 5.74) is 8.69. The van der Waals surface area contributed by atoms with E-state index in [0.717, 1.165) is 40.3 Å². The van der Waals surface area contributed by atoms with Crippen molar-refractivity contribution in [3.8, 4) is 11.5 Å². The second-order valence-corrected chi connectivity index (χ2v) is 5.43. The third-order valence-corrected chi connectivity index (χ3v) is 3.56. The Bertz CT molecular complexity index is 596. The summed E-state index contributed by atoms with van der Waals surface area (Å²) in [5.74, 6) is 1.78. The Hall–Kier alpha value is -1.68. The zero-order chi connectivity index (χ0) is 13.2. The summed E-state index contributed by atoms with van der Waals surface area (Å²) in [4.78, 5) is 0. The largest absolute Gasteiger partial charge is 0.493 e. The van der Waals surface area contributed by atoms with E-state index in [9.17, 15) is 0 Å². The molecule has 0 bridgehead atoms. The van der Waals surface area contributed by atoms with Crippen LogP contribution in [0.5, 0.6) is 11.5 Å². The second-order valence-electron chi connectivity index (χ2n) is 4.51. The molecule has 3 nitrogen and oxygen atoms in total.